The molecule has 0 radical (unpaired) electrons. The van der Waals surface area contributed by atoms with E-state index in [1.54, 1.807) is 12.1 Å². The number of para-hydroxylation sites is 1. The minimum atomic E-state index is -0.194. The summed E-state index contributed by atoms with van der Waals surface area (Å²) in [7, 11) is 0. The first kappa shape index (κ1) is 20.5. The van der Waals surface area contributed by atoms with Crippen LogP contribution in [0.5, 0.6) is 5.75 Å². The van der Waals surface area contributed by atoms with E-state index in [4.69, 9.17) is 4.74 Å². The molecular weight excluding hydrogens is 406 g/mol. The van der Waals surface area contributed by atoms with Crippen LogP contribution in [0.15, 0.2) is 82.7 Å². The summed E-state index contributed by atoms with van der Waals surface area (Å²) >= 11 is 1.29. The molecule has 0 unspecified atom stereocenters. The van der Waals surface area contributed by atoms with Crippen molar-refractivity contribution in [2.24, 2.45) is 4.99 Å². The van der Waals surface area contributed by atoms with Crippen LogP contribution in [0, 0.1) is 18.3 Å². The summed E-state index contributed by atoms with van der Waals surface area (Å²) in [5.74, 6) is 0.445. The maximum Gasteiger partial charge on any atom is 0.264 e. The second-order valence-electron chi connectivity index (χ2n) is 6.91. The van der Waals surface area contributed by atoms with Crippen molar-refractivity contribution in [3.63, 3.8) is 0 Å². The van der Waals surface area contributed by atoms with E-state index in [-0.39, 0.29) is 12.5 Å². The van der Waals surface area contributed by atoms with Crippen LogP contribution in [0.4, 0.5) is 5.69 Å². The first-order valence-electron chi connectivity index (χ1n) is 9.68. The van der Waals surface area contributed by atoms with Gasteiger partial charge in [0.2, 0.25) is 0 Å². The van der Waals surface area contributed by atoms with Gasteiger partial charge in [-0.15, -0.1) is 0 Å². The van der Waals surface area contributed by atoms with Gasteiger partial charge >= 0.3 is 0 Å². The van der Waals surface area contributed by atoms with Gasteiger partial charge in [-0.1, -0.05) is 54.1 Å². The molecule has 1 saturated heterocycles. The van der Waals surface area contributed by atoms with Gasteiger partial charge in [-0.25, -0.2) is 4.99 Å². The molecule has 4 rings (SSSR count). The number of benzene rings is 3. The standard InChI is InChI=1S/C25H19N3O2S/c1-17-10-12-21(13-11-17)27-25-28-24(29)23(31-25)14-18-6-4-5-9-22(18)30-16-20-8-3-2-7-19(20)15-26/h2-14H,16H2,1H3,(H,27,28,29)/b23-14+. The van der Waals surface area contributed by atoms with Crippen LogP contribution >= 0.6 is 11.8 Å². The molecule has 152 valence electrons. The number of nitriles is 1. The van der Waals surface area contributed by atoms with E-state index in [1.807, 2.05) is 73.7 Å². The van der Waals surface area contributed by atoms with Gasteiger partial charge in [0.15, 0.2) is 5.17 Å². The number of thioether (sulfide) groups is 1. The quantitative estimate of drug-likeness (QED) is 0.560. The molecule has 1 aliphatic rings. The summed E-state index contributed by atoms with van der Waals surface area (Å²) in [6.45, 7) is 2.28. The van der Waals surface area contributed by atoms with Gasteiger partial charge in [-0.05, 0) is 49.0 Å². The molecule has 1 heterocycles. The molecule has 1 N–H and O–H groups in total. The predicted octanol–water partition coefficient (Wildman–Crippen LogP) is 5.34. The minimum absolute atomic E-state index is 0.194. The number of amidine groups is 1. The van der Waals surface area contributed by atoms with Crippen molar-refractivity contribution in [1.82, 2.24) is 5.32 Å². The SMILES string of the molecule is Cc1ccc(N=C2NC(=O)/C(=C\c3ccccc3OCc3ccccc3C#N)S2)cc1. The summed E-state index contributed by atoms with van der Waals surface area (Å²) in [6, 6.07) is 24.8. The largest absolute Gasteiger partial charge is 0.488 e. The first-order valence-corrected chi connectivity index (χ1v) is 10.5. The Labute approximate surface area is 185 Å². The van der Waals surface area contributed by atoms with Gasteiger partial charge in [-0.3, -0.25) is 4.79 Å². The molecule has 0 saturated carbocycles. The average molecular weight is 426 g/mol. The van der Waals surface area contributed by atoms with Crippen molar-refractivity contribution in [2.75, 3.05) is 0 Å². The number of aryl methyl sites for hydroxylation is 1. The number of nitrogens with one attached hydrogen (secondary N) is 1. The van der Waals surface area contributed by atoms with Gasteiger partial charge in [0, 0.05) is 11.1 Å². The maximum absolute atomic E-state index is 12.4. The smallest absolute Gasteiger partial charge is 0.264 e. The van der Waals surface area contributed by atoms with Crippen molar-refractivity contribution in [3.8, 4) is 11.8 Å². The van der Waals surface area contributed by atoms with Crippen LogP contribution in [0.3, 0.4) is 0 Å². The number of aliphatic imine (C=N–C) groups is 1. The summed E-state index contributed by atoms with van der Waals surface area (Å²) in [5, 5.41) is 12.6. The molecule has 0 bridgehead atoms. The number of carbonyl (C=O) groups is 1. The molecule has 3 aromatic carbocycles. The molecular formula is C25H19N3O2S. The second kappa shape index (κ2) is 9.33. The lowest BCUT2D eigenvalue weighted by atomic mass is 10.1. The predicted molar refractivity (Wildman–Crippen MR) is 124 cm³/mol. The number of rotatable bonds is 5. The summed E-state index contributed by atoms with van der Waals surface area (Å²) < 4.78 is 5.98. The topological polar surface area (TPSA) is 74.5 Å². The van der Waals surface area contributed by atoms with E-state index in [9.17, 15) is 10.1 Å². The zero-order valence-corrected chi connectivity index (χ0v) is 17.6. The third-order valence-electron chi connectivity index (χ3n) is 4.64. The van der Waals surface area contributed by atoms with E-state index in [0.29, 0.717) is 21.4 Å². The minimum Gasteiger partial charge on any atom is -0.488 e. The Morgan fingerprint density at radius 3 is 2.61 bits per heavy atom. The monoisotopic (exact) mass is 425 g/mol. The summed E-state index contributed by atoms with van der Waals surface area (Å²) in [4.78, 5) is 17.5. The third-order valence-corrected chi connectivity index (χ3v) is 5.55. The normalized spacial score (nSPS) is 15.7. The molecule has 5 nitrogen and oxygen atoms in total. The highest BCUT2D eigenvalue weighted by atomic mass is 32.2. The third kappa shape index (κ3) is 5.03. The van der Waals surface area contributed by atoms with E-state index < -0.39 is 0 Å². The number of carbonyl (C=O) groups excluding carboxylic acids is 1. The molecule has 0 aromatic heterocycles. The lowest BCUT2D eigenvalue weighted by molar-refractivity contribution is -0.115. The lowest BCUT2D eigenvalue weighted by Crippen LogP contribution is -2.19. The van der Waals surface area contributed by atoms with Gasteiger partial charge in [0.25, 0.3) is 5.91 Å². The van der Waals surface area contributed by atoms with Gasteiger partial charge in [0.05, 0.1) is 22.2 Å². The lowest BCUT2D eigenvalue weighted by Gasteiger charge is -2.10. The molecule has 0 aliphatic carbocycles. The van der Waals surface area contributed by atoms with Gasteiger partial charge in [0.1, 0.15) is 12.4 Å². The highest BCUT2D eigenvalue weighted by molar-refractivity contribution is 8.18. The molecule has 1 amide bonds. The average Bonchev–Trinajstić information content (AvgIpc) is 3.13. The highest BCUT2D eigenvalue weighted by Crippen LogP contribution is 2.31. The zero-order chi connectivity index (χ0) is 21.6. The second-order valence-corrected chi connectivity index (χ2v) is 7.94. The number of hydrogen-bond donors (Lipinski definition) is 1. The molecule has 6 heteroatoms. The molecule has 1 fully saturated rings. The Kier molecular flexibility index (Phi) is 6.16. The molecule has 3 aromatic rings. The number of hydrogen-bond acceptors (Lipinski definition) is 5. The fourth-order valence-electron chi connectivity index (χ4n) is 3.00. The number of nitrogens with zero attached hydrogens (tertiary/aromatic N) is 2. The summed E-state index contributed by atoms with van der Waals surface area (Å²) in [6.07, 6.45) is 1.79. The Morgan fingerprint density at radius 1 is 1.06 bits per heavy atom. The van der Waals surface area contributed by atoms with Crippen molar-refractivity contribution < 1.29 is 9.53 Å². The number of amides is 1. The van der Waals surface area contributed by atoms with Crippen LogP contribution in [-0.4, -0.2) is 11.1 Å². The highest BCUT2D eigenvalue weighted by Gasteiger charge is 2.24. The fourth-order valence-corrected chi connectivity index (χ4v) is 3.83. The van der Waals surface area contributed by atoms with Crippen molar-refractivity contribution >= 4 is 34.6 Å². The Bertz CT molecular complexity index is 1220. The molecule has 1 aliphatic heterocycles. The zero-order valence-electron chi connectivity index (χ0n) is 16.8. The Balaban J connectivity index is 1.53. The van der Waals surface area contributed by atoms with Crippen LogP contribution in [-0.2, 0) is 11.4 Å². The van der Waals surface area contributed by atoms with E-state index in [1.165, 1.54) is 11.8 Å². The van der Waals surface area contributed by atoms with Gasteiger partial charge < -0.3 is 10.1 Å². The van der Waals surface area contributed by atoms with Crippen LogP contribution in [0.1, 0.15) is 22.3 Å². The first-order chi connectivity index (χ1) is 15.1. The Morgan fingerprint density at radius 2 is 1.81 bits per heavy atom. The van der Waals surface area contributed by atoms with Crippen LogP contribution in [0.25, 0.3) is 6.08 Å². The van der Waals surface area contributed by atoms with E-state index >= 15 is 0 Å². The maximum atomic E-state index is 12.4. The Hall–Kier alpha value is -3.82. The van der Waals surface area contributed by atoms with Crippen molar-refractivity contribution in [2.45, 2.75) is 13.5 Å². The molecule has 0 atom stereocenters. The van der Waals surface area contributed by atoms with Crippen molar-refractivity contribution in [1.29, 1.82) is 5.26 Å². The van der Waals surface area contributed by atoms with Crippen LogP contribution in [0.2, 0.25) is 0 Å². The van der Waals surface area contributed by atoms with E-state index in [0.717, 1.165) is 22.4 Å². The van der Waals surface area contributed by atoms with Crippen molar-refractivity contribution in [3.05, 3.63) is 100.0 Å². The van der Waals surface area contributed by atoms with Gasteiger partial charge in [-0.2, -0.15) is 5.26 Å². The van der Waals surface area contributed by atoms with E-state index in [2.05, 4.69) is 16.4 Å². The molecule has 31 heavy (non-hydrogen) atoms. The van der Waals surface area contributed by atoms with Crippen LogP contribution < -0.4 is 10.1 Å². The molecule has 0 spiro atoms. The number of ether oxygens (including phenoxy) is 1. The fraction of sp³-hybridized carbons (Fsp3) is 0.0800. The summed E-state index contributed by atoms with van der Waals surface area (Å²) in [5.41, 5.74) is 4.12.